The van der Waals surface area contributed by atoms with Gasteiger partial charge >= 0.3 is 0 Å². The molecule has 1 fully saturated rings. The number of hydrogen-bond acceptors (Lipinski definition) is 4. The Labute approximate surface area is 141 Å². The van der Waals surface area contributed by atoms with Crippen molar-refractivity contribution in [3.8, 4) is 11.8 Å². The number of carbonyl (C=O) groups is 1. The Morgan fingerprint density at radius 1 is 1.38 bits per heavy atom. The van der Waals surface area contributed by atoms with Gasteiger partial charge in [0.1, 0.15) is 5.75 Å². The summed E-state index contributed by atoms with van der Waals surface area (Å²) in [6, 6.07) is 11.5. The van der Waals surface area contributed by atoms with E-state index in [1.807, 2.05) is 34.0 Å². The van der Waals surface area contributed by atoms with Crippen LogP contribution in [-0.2, 0) is 11.2 Å². The first kappa shape index (κ1) is 16.1. The molecule has 3 rings (SSSR count). The standard InChI is InChI=1S/C18H20N4O2/c19-9-8-15-4-6-17(7-5-15)24-14-18(23)21-11-1-3-16(13-21)22-12-2-10-20-22/h2,4-7,10,12,16H,1,3,8,11,13-14H2. The van der Waals surface area contributed by atoms with Gasteiger partial charge in [0, 0.05) is 25.5 Å². The van der Waals surface area contributed by atoms with E-state index in [0.717, 1.165) is 24.9 Å². The van der Waals surface area contributed by atoms with E-state index in [1.165, 1.54) is 0 Å². The normalized spacial score (nSPS) is 17.3. The van der Waals surface area contributed by atoms with Gasteiger partial charge in [-0.1, -0.05) is 12.1 Å². The minimum Gasteiger partial charge on any atom is -0.484 e. The highest BCUT2D eigenvalue weighted by Crippen LogP contribution is 2.21. The molecule has 124 valence electrons. The summed E-state index contributed by atoms with van der Waals surface area (Å²) in [6.07, 6.45) is 6.09. The second-order valence-corrected chi connectivity index (χ2v) is 5.89. The molecule has 0 radical (unpaired) electrons. The van der Waals surface area contributed by atoms with Gasteiger partial charge in [-0.25, -0.2) is 0 Å². The molecule has 1 aromatic carbocycles. The molecule has 1 aromatic heterocycles. The van der Waals surface area contributed by atoms with Crippen LogP contribution >= 0.6 is 0 Å². The van der Waals surface area contributed by atoms with E-state index < -0.39 is 0 Å². The van der Waals surface area contributed by atoms with Gasteiger partial charge in [0.2, 0.25) is 0 Å². The predicted molar refractivity (Wildman–Crippen MR) is 88.3 cm³/mol. The summed E-state index contributed by atoms with van der Waals surface area (Å²) in [5.41, 5.74) is 0.939. The maximum Gasteiger partial charge on any atom is 0.260 e. The van der Waals surface area contributed by atoms with Crippen LogP contribution in [0.15, 0.2) is 42.7 Å². The van der Waals surface area contributed by atoms with Gasteiger partial charge in [-0.05, 0) is 36.6 Å². The van der Waals surface area contributed by atoms with Crippen LogP contribution in [0.5, 0.6) is 5.75 Å². The molecule has 0 N–H and O–H groups in total. The zero-order chi connectivity index (χ0) is 16.8. The zero-order valence-corrected chi connectivity index (χ0v) is 13.5. The van der Waals surface area contributed by atoms with Crippen LogP contribution in [-0.4, -0.2) is 40.3 Å². The fraction of sp³-hybridized carbons (Fsp3) is 0.389. The van der Waals surface area contributed by atoms with E-state index in [1.54, 1.807) is 18.3 Å². The van der Waals surface area contributed by atoms with Gasteiger partial charge in [0.15, 0.2) is 6.61 Å². The Bertz CT molecular complexity index is 704. The molecule has 2 heterocycles. The fourth-order valence-corrected chi connectivity index (χ4v) is 2.92. The lowest BCUT2D eigenvalue weighted by Gasteiger charge is -2.32. The topological polar surface area (TPSA) is 71.2 Å². The first-order valence-corrected chi connectivity index (χ1v) is 8.12. The van der Waals surface area contributed by atoms with Gasteiger partial charge in [-0.15, -0.1) is 0 Å². The molecule has 1 amide bonds. The Hall–Kier alpha value is -2.81. The maximum atomic E-state index is 12.4. The van der Waals surface area contributed by atoms with Crippen molar-refractivity contribution in [3.63, 3.8) is 0 Å². The third kappa shape index (κ3) is 3.93. The molecule has 0 bridgehead atoms. The summed E-state index contributed by atoms with van der Waals surface area (Å²) in [4.78, 5) is 14.2. The molecule has 0 spiro atoms. The molecule has 2 aromatic rings. The maximum absolute atomic E-state index is 12.4. The van der Waals surface area contributed by atoms with Crippen molar-refractivity contribution in [1.29, 1.82) is 5.26 Å². The number of benzene rings is 1. The van der Waals surface area contributed by atoms with Crippen LogP contribution in [0.25, 0.3) is 0 Å². The molecule has 1 saturated heterocycles. The third-order valence-electron chi connectivity index (χ3n) is 4.22. The van der Waals surface area contributed by atoms with Gasteiger partial charge in [-0.3, -0.25) is 9.48 Å². The smallest absolute Gasteiger partial charge is 0.260 e. The number of nitriles is 1. The number of aromatic nitrogens is 2. The van der Waals surface area contributed by atoms with E-state index in [2.05, 4.69) is 11.2 Å². The number of ether oxygens (including phenoxy) is 1. The predicted octanol–water partition coefficient (Wildman–Crippen LogP) is 2.19. The van der Waals surface area contributed by atoms with Crippen molar-refractivity contribution in [1.82, 2.24) is 14.7 Å². The number of piperidine rings is 1. The zero-order valence-electron chi connectivity index (χ0n) is 13.5. The molecule has 1 aliphatic heterocycles. The van der Waals surface area contributed by atoms with Gasteiger partial charge < -0.3 is 9.64 Å². The van der Waals surface area contributed by atoms with Crippen LogP contribution in [0.1, 0.15) is 24.4 Å². The first-order valence-electron chi connectivity index (χ1n) is 8.12. The highest BCUT2D eigenvalue weighted by molar-refractivity contribution is 5.77. The van der Waals surface area contributed by atoms with Crippen LogP contribution in [0.2, 0.25) is 0 Å². The van der Waals surface area contributed by atoms with E-state index in [4.69, 9.17) is 10.00 Å². The van der Waals surface area contributed by atoms with E-state index in [9.17, 15) is 4.79 Å². The minimum absolute atomic E-state index is 0.00652. The molecule has 6 heteroatoms. The Morgan fingerprint density at radius 3 is 2.92 bits per heavy atom. The lowest BCUT2D eigenvalue weighted by molar-refractivity contribution is -0.135. The molecule has 1 atom stereocenters. The quantitative estimate of drug-likeness (QED) is 0.845. The molecular weight excluding hydrogens is 304 g/mol. The second kappa shape index (κ2) is 7.64. The summed E-state index contributed by atoms with van der Waals surface area (Å²) < 4.78 is 7.51. The molecule has 1 unspecified atom stereocenters. The van der Waals surface area contributed by atoms with Crippen molar-refractivity contribution >= 4 is 5.91 Å². The molecule has 1 aliphatic rings. The number of likely N-dealkylation sites (tertiary alicyclic amines) is 1. The van der Waals surface area contributed by atoms with Crippen molar-refractivity contribution in [2.45, 2.75) is 25.3 Å². The number of carbonyl (C=O) groups excluding carboxylic acids is 1. The summed E-state index contributed by atoms with van der Waals surface area (Å²) >= 11 is 0. The van der Waals surface area contributed by atoms with Crippen molar-refractivity contribution < 1.29 is 9.53 Å². The van der Waals surface area contributed by atoms with Crippen molar-refractivity contribution in [3.05, 3.63) is 48.3 Å². The van der Waals surface area contributed by atoms with Crippen LogP contribution in [0.3, 0.4) is 0 Å². The largest absolute Gasteiger partial charge is 0.484 e. The Morgan fingerprint density at radius 2 is 2.21 bits per heavy atom. The molecule has 6 nitrogen and oxygen atoms in total. The van der Waals surface area contributed by atoms with E-state index in [-0.39, 0.29) is 18.6 Å². The van der Waals surface area contributed by atoms with Crippen LogP contribution in [0.4, 0.5) is 0 Å². The van der Waals surface area contributed by atoms with Crippen molar-refractivity contribution in [2.75, 3.05) is 19.7 Å². The van der Waals surface area contributed by atoms with E-state index in [0.29, 0.717) is 18.7 Å². The van der Waals surface area contributed by atoms with Crippen molar-refractivity contribution in [2.24, 2.45) is 0 Å². The van der Waals surface area contributed by atoms with Crippen LogP contribution < -0.4 is 4.74 Å². The highest BCUT2D eigenvalue weighted by Gasteiger charge is 2.25. The molecule has 24 heavy (non-hydrogen) atoms. The average Bonchev–Trinajstić information content (AvgIpc) is 3.16. The highest BCUT2D eigenvalue weighted by atomic mass is 16.5. The summed E-state index contributed by atoms with van der Waals surface area (Å²) in [5.74, 6) is 0.638. The molecule has 0 aliphatic carbocycles. The van der Waals surface area contributed by atoms with E-state index >= 15 is 0 Å². The first-order chi connectivity index (χ1) is 11.8. The number of rotatable bonds is 5. The average molecular weight is 324 g/mol. The van der Waals surface area contributed by atoms with Gasteiger partial charge in [0.05, 0.1) is 18.5 Å². The van der Waals surface area contributed by atoms with Gasteiger partial charge in [-0.2, -0.15) is 10.4 Å². The fourth-order valence-electron chi connectivity index (χ4n) is 2.92. The summed E-state index contributed by atoms with van der Waals surface area (Å²) in [6.45, 7) is 1.47. The summed E-state index contributed by atoms with van der Waals surface area (Å²) in [5, 5.41) is 12.9. The summed E-state index contributed by atoms with van der Waals surface area (Å²) in [7, 11) is 0. The Balaban J connectivity index is 1.52. The minimum atomic E-state index is -0.00652. The lowest BCUT2D eigenvalue weighted by Crippen LogP contribution is -2.43. The third-order valence-corrected chi connectivity index (χ3v) is 4.22. The second-order valence-electron chi connectivity index (χ2n) is 5.89. The molecule has 0 saturated carbocycles. The number of hydrogen-bond donors (Lipinski definition) is 0. The van der Waals surface area contributed by atoms with Gasteiger partial charge in [0.25, 0.3) is 5.91 Å². The molecular formula is C18H20N4O2. The Kier molecular flexibility index (Phi) is 5.12. The van der Waals surface area contributed by atoms with Crippen LogP contribution in [0, 0.1) is 11.3 Å². The monoisotopic (exact) mass is 324 g/mol. The SMILES string of the molecule is N#CCc1ccc(OCC(=O)N2CCCC(n3cccn3)C2)cc1. The number of amides is 1. The number of nitrogens with zero attached hydrogens (tertiary/aromatic N) is 4. The lowest BCUT2D eigenvalue weighted by atomic mass is 10.1.